The van der Waals surface area contributed by atoms with Crippen molar-refractivity contribution in [2.45, 2.75) is 53.1 Å². The summed E-state index contributed by atoms with van der Waals surface area (Å²) >= 11 is 1.29. The topological polar surface area (TPSA) is 105 Å². The third-order valence-corrected chi connectivity index (χ3v) is 4.47. The van der Waals surface area contributed by atoms with Crippen molar-refractivity contribution < 1.29 is 14.3 Å². The number of aliphatic imine (C=N–C) groups is 1. The molecule has 0 radical (unpaired) electrons. The third-order valence-electron chi connectivity index (χ3n) is 3.15. The summed E-state index contributed by atoms with van der Waals surface area (Å²) in [5, 5.41) is 9.75. The second kappa shape index (κ2) is 11.4. The van der Waals surface area contributed by atoms with Crippen molar-refractivity contribution in [1.29, 1.82) is 0 Å². The van der Waals surface area contributed by atoms with Gasteiger partial charge in [-0.05, 0) is 41.5 Å². The number of nitrogens with zero attached hydrogens (tertiary/aromatic N) is 2. The Morgan fingerprint density at radius 2 is 1.96 bits per heavy atom. The van der Waals surface area contributed by atoms with Gasteiger partial charge < -0.3 is 20.7 Å². The van der Waals surface area contributed by atoms with Gasteiger partial charge in [-0.1, -0.05) is 0 Å². The van der Waals surface area contributed by atoms with E-state index in [-0.39, 0.29) is 54.0 Å². The first-order chi connectivity index (χ1) is 12.1. The van der Waals surface area contributed by atoms with Crippen molar-refractivity contribution in [2.24, 2.45) is 4.99 Å². The fraction of sp³-hybridized carbons (Fsp3) is 0.647. The normalized spacial score (nSPS) is 12.6. The number of hydrogen-bond donors (Lipinski definition) is 3. The Bertz CT molecular complexity index is 670. The van der Waals surface area contributed by atoms with Crippen LogP contribution in [0.2, 0.25) is 0 Å². The lowest BCUT2D eigenvalue weighted by molar-refractivity contribution is -0.121. The van der Waals surface area contributed by atoms with Gasteiger partial charge in [-0.2, -0.15) is 0 Å². The molecule has 27 heavy (non-hydrogen) atoms. The summed E-state index contributed by atoms with van der Waals surface area (Å²) in [5.41, 5.74) is 0.356. The maximum atomic E-state index is 11.9. The van der Waals surface area contributed by atoms with Crippen LogP contribution in [0.1, 0.15) is 61.0 Å². The van der Waals surface area contributed by atoms with Crippen LogP contribution in [0.15, 0.2) is 4.99 Å². The van der Waals surface area contributed by atoms with Gasteiger partial charge in [0.1, 0.15) is 9.88 Å². The number of carbonyl (C=O) groups is 2. The largest absolute Gasteiger partial charge is 0.462 e. The monoisotopic (exact) mass is 511 g/mol. The summed E-state index contributed by atoms with van der Waals surface area (Å²) in [7, 11) is 1.63. The highest BCUT2D eigenvalue weighted by molar-refractivity contribution is 14.0. The number of nitrogens with one attached hydrogen (secondary N) is 3. The molecule has 0 saturated heterocycles. The van der Waals surface area contributed by atoms with Crippen molar-refractivity contribution in [2.75, 3.05) is 20.2 Å². The van der Waals surface area contributed by atoms with Gasteiger partial charge in [0.25, 0.3) is 0 Å². The first kappa shape index (κ1) is 25.6. The zero-order chi connectivity index (χ0) is 19.9. The fourth-order valence-corrected chi connectivity index (χ4v) is 3.04. The van der Waals surface area contributed by atoms with E-state index in [1.54, 1.807) is 20.9 Å². The Kier molecular flexibility index (Phi) is 10.8. The molecule has 0 spiro atoms. The van der Waals surface area contributed by atoms with E-state index < -0.39 is 0 Å². The molecule has 0 aromatic carbocycles. The molecule has 10 heteroatoms. The first-order valence-corrected chi connectivity index (χ1v) is 9.31. The number of rotatable bonds is 6. The van der Waals surface area contributed by atoms with E-state index in [4.69, 9.17) is 4.74 Å². The molecule has 0 fully saturated rings. The van der Waals surface area contributed by atoms with Crippen molar-refractivity contribution >= 4 is 53.1 Å². The van der Waals surface area contributed by atoms with Crippen molar-refractivity contribution in [1.82, 2.24) is 20.9 Å². The second-order valence-electron chi connectivity index (χ2n) is 6.78. The van der Waals surface area contributed by atoms with Gasteiger partial charge in [0, 0.05) is 12.6 Å². The van der Waals surface area contributed by atoms with Crippen LogP contribution in [-0.4, -0.2) is 48.6 Å². The molecule has 1 rings (SSSR count). The number of aryl methyl sites for hydroxylation is 1. The number of esters is 1. The zero-order valence-electron chi connectivity index (χ0n) is 16.9. The number of carbonyl (C=O) groups excluding carboxylic acids is 2. The van der Waals surface area contributed by atoms with Gasteiger partial charge in [-0.25, -0.2) is 9.78 Å². The Balaban J connectivity index is 0.00000676. The minimum absolute atomic E-state index is 0. The molecule has 1 unspecified atom stereocenters. The Hall–Kier alpha value is -1.43. The molecular formula is C17H30IN5O3S. The summed E-state index contributed by atoms with van der Waals surface area (Å²) in [6.45, 7) is 11.7. The average Bonchev–Trinajstić information content (AvgIpc) is 2.92. The van der Waals surface area contributed by atoms with Crippen LogP contribution in [0.4, 0.5) is 0 Å². The van der Waals surface area contributed by atoms with E-state index in [1.165, 1.54) is 11.3 Å². The zero-order valence-corrected chi connectivity index (χ0v) is 20.1. The van der Waals surface area contributed by atoms with E-state index in [9.17, 15) is 9.59 Å². The lowest BCUT2D eigenvalue weighted by Gasteiger charge is -2.21. The van der Waals surface area contributed by atoms with E-state index in [1.807, 2.05) is 27.7 Å². The molecule has 0 aliphatic rings. The molecule has 0 bridgehead atoms. The summed E-state index contributed by atoms with van der Waals surface area (Å²) in [6, 6.07) is -0.182. The van der Waals surface area contributed by atoms with Crippen molar-refractivity contribution in [3.63, 3.8) is 0 Å². The molecule has 154 valence electrons. The summed E-state index contributed by atoms with van der Waals surface area (Å²) in [5.74, 6) is -0.00259. The second-order valence-corrected chi connectivity index (χ2v) is 7.81. The molecule has 1 aromatic rings. The lowest BCUT2D eigenvalue weighted by atomic mass is 10.1. The van der Waals surface area contributed by atoms with Crippen molar-refractivity contribution in [3.8, 4) is 0 Å². The Labute approximate surface area is 182 Å². The average molecular weight is 511 g/mol. The number of halogens is 1. The predicted molar refractivity (Wildman–Crippen MR) is 119 cm³/mol. The molecule has 0 aliphatic heterocycles. The number of guanidine groups is 1. The highest BCUT2D eigenvalue weighted by Crippen LogP contribution is 2.24. The molecule has 0 saturated carbocycles. The third kappa shape index (κ3) is 8.87. The van der Waals surface area contributed by atoms with Crippen LogP contribution in [0, 0.1) is 6.92 Å². The van der Waals surface area contributed by atoms with Gasteiger partial charge >= 0.3 is 5.97 Å². The fourth-order valence-electron chi connectivity index (χ4n) is 2.08. The predicted octanol–water partition coefficient (Wildman–Crippen LogP) is 2.39. The minimum Gasteiger partial charge on any atom is -0.462 e. The Morgan fingerprint density at radius 3 is 2.48 bits per heavy atom. The van der Waals surface area contributed by atoms with Gasteiger partial charge in [0.05, 0.1) is 24.9 Å². The van der Waals surface area contributed by atoms with E-state index in [2.05, 4.69) is 25.9 Å². The molecule has 1 atom stereocenters. The molecule has 0 aliphatic carbocycles. The Morgan fingerprint density at radius 1 is 1.33 bits per heavy atom. The van der Waals surface area contributed by atoms with Crippen LogP contribution in [0.5, 0.6) is 0 Å². The molecule has 3 N–H and O–H groups in total. The maximum Gasteiger partial charge on any atom is 0.350 e. The molecule has 1 amide bonds. The standard InChI is InChI=1S/C17H29N5O3S.HI/c1-8-25-15(24)13-10(2)20-14(26-13)11(3)21-16(18-7)19-9-12(23)22-17(4,5)6;/h11H,8-9H2,1-7H3,(H,22,23)(H2,18,19,21);1H. The van der Waals surface area contributed by atoms with E-state index in [0.29, 0.717) is 23.1 Å². The lowest BCUT2D eigenvalue weighted by Crippen LogP contribution is -2.48. The molecule has 8 nitrogen and oxygen atoms in total. The highest BCUT2D eigenvalue weighted by Gasteiger charge is 2.20. The summed E-state index contributed by atoms with van der Waals surface area (Å²) < 4.78 is 5.04. The number of amides is 1. The quantitative estimate of drug-likeness (QED) is 0.235. The number of aromatic nitrogens is 1. The van der Waals surface area contributed by atoms with Crippen LogP contribution in [0.3, 0.4) is 0 Å². The van der Waals surface area contributed by atoms with Crippen LogP contribution in [0.25, 0.3) is 0 Å². The van der Waals surface area contributed by atoms with Crippen LogP contribution >= 0.6 is 35.3 Å². The van der Waals surface area contributed by atoms with E-state index in [0.717, 1.165) is 5.01 Å². The summed E-state index contributed by atoms with van der Waals surface area (Å²) in [6.07, 6.45) is 0. The minimum atomic E-state index is -0.359. The molecule has 1 aromatic heterocycles. The van der Waals surface area contributed by atoms with Crippen LogP contribution in [-0.2, 0) is 9.53 Å². The van der Waals surface area contributed by atoms with Gasteiger partial charge in [0.2, 0.25) is 5.91 Å². The smallest absolute Gasteiger partial charge is 0.350 e. The van der Waals surface area contributed by atoms with Gasteiger partial charge in [-0.3, -0.25) is 9.79 Å². The molecule has 1 heterocycles. The number of thiazole rings is 1. The van der Waals surface area contributed by atoms with Gasteiger partial charge in [-0.15, -0.1) is 35.3 Å². The van der Waals surface area contributed by atoms with Gasteiger partial charge in [0.15, 0.2) is 5.96 Å². The highest BCUT2D eigenvalue weighted by atomic mass is 127. The number of hydrogen-bond acceptors (Lipinski definition) is 6. The van der Waals surface area contributed by atoms with Crippen LogP contribution < -0.4 is 16.0 Å². The van der Waals surface area contributed by atoms with E-state index >= 15 is 0 Å². The van der Waals surface area contributed by atoms with Crippen molar-refractivity contribution in [3.05, 3.63) is 15.6 Å². The number of ether oxygens (including phenoxy) is 1. The maximum absolute atomic E-state index is 11.9. The first-order valence-electron chi connectivity index (χ1n) is 8.50. The summed E-state index contributed by atoms with van der Waals surface area (Å²) in [4.78, 5) is 32.9. The SMILES string of the molecule is CCOC(=O)c1sc(C(C)NC(=NC)NCC(=O)NC(C)(C)C)nc1C.I. The molecular weight excluding hydrogens is 481 g/mol.